The Morgan fingerprint density at radius 1 is 1.05 bits per heavy atom. The molecule has 2 atom stereocenters. The molecular formula is C17H18F2N2. The van der Waals surface area contributed by atoms with E-state index in [0.29, 0.717) is 12.2 Å². The molecule has 110 valence electrons. The quantitative estimate of drug-likeness (QED) is 0.910. The normalized spacial score (nSPS) is 22.3. The van der Waals surface area contributed by atoms with E-state index >= 15 is 0 Å². The molecule has 0 bridgehead atoms. The number of nitrogens with one attached hydrogen (secondary N) is 1. The van der Waals surface area contributed by atoms with Gasteiger partial charge >= 0.3 is 0 Å². The summed E-state index contributed by atoms with van der Waals surface area (Å²) in [5.74, 6) is -1.56. The Morgan fingerprint density at radius 3 is 2.57 bits per heavy atom. The minimum atomic E-state index is -0.797. The third-order valence-electron chi connectivity index (χ3n) is 4.01. The van der Waals surface area contributed by atoms with Crippen LogP contribution in [0.3, 0.4) is 0 Å². The molecule has 2 aromatic carbocycles. The third-order valence-corrected chi connectivity index (χ3v) is 4.01. The molecule has 21 heavy (non-hydrogen) atoms. The summed E-state index contributed by atoms with van der Waals surface area (Å²) in [5.41, 5.74) is 1.50. The van der Waals surface area contributed by atoms with Crippen LogP contribution in [-0.2, 0) is 0 Å². The second kappa shape index (κ2) is 5.82. The molecule has 2 nitrogen and oxygen atoms in total. The minimum Gasteiger partial charge on any atom is -0.363 e. The first-order chi connectivity index (χ1) is 10.2. The molecule has 1 saturated heterocycles. The highest BCUT2D eigenvalue weighted by molar-refractivity contribution is 5.50. The second-order valence-corrected chi connectivity index (χ2v) is 5.45. The van der Waals surface area contributed by atoms with Crippen molar-refractivity contribution in [2.45, 2.75) is 19.0 Å². The van der Waals surface area contributed by atoms with E-state index in [0.717, 1.165) is 18.2 Å². The summed E-state index contributed by atoms with van der Waals surface area (Å²) in [7, 11) is 0. The lowest BCUT2D eigenvalue weighted by atomic mass is 10.0. The molecule has 1 fully saturated rings. The zero-order valence-corrected chi connectivity index (χ0v) is 11.9. The highest BCUT2D eigenvalue weighted by atomic mass is 19.2. The fourth-order valence-electron chi connectivity index (χ4n) is 2.82. The zero-order valence-electron chi connectivity index (χ0n) is 11.9. The monoisotopic (exact) mass is 288 g/mol. The summed E-state index contributed by atoms with van der Waals surface area (Å²) in [4.78, 5) is 1.94. The molecule has 0 radical (unpaired) electrons. The molecule has 1 heterocycles. The highest BCUT2D eigenvalue weighted by Crippen LogP contribution is 2.28. The SMILES string of the molecule is CC1CNC(c2ccccc2)CN1c1cccc(F)c1F. The predicted molar refractivity (Wildman–Crippen MR) is 80.4 cm³/mol. The first-order valence-electron chi connectivity index (χ1n) is 7.16. The van der Waals surface area contributed by atoms with E-state index in [-0.39, 0.29) is 12.1 Å². The Labute approximate surface area is 123 Å². The van der Waals surface area contributed by atoms with E-state index in [4.69, 9.17) is 0 Å². The van der Waals surface area contributed by atoms with Crippen molar-refractivity contribution < 1.29 is 8.78 Å². The largest absolute Gasteiger partial charge is 0.363 e. The van der Waals surface area contributed by atoms with Crippen LogP contribution in [0.15, 0.2) is 48.5 Å². The van der Waals surface area contributed by atoms with Crippen LogP contribution in [0.5, 0.6) is 0 Å². The molecule has 1 aliphatic rings. The van der Waals surface area contributed by atoms with E-state index in [1.54, 1.807) is 12.1 Å². The zero-order chi connectivity index (χ0) is 14.8. The molecule has 0 spiro atoms. The molecule has 3 rings (SSSR count). The standard InChI is InChI=1S/C17H18F2N2/c1-12-10-20-15(13-6-3-2-4-7-13)11-21(12)16-9-5-8-14(18)17(16)19/h2-9,12,15,20H,10-11H2,1H3. The van der Waals surface area contributed by atoms with Crippen molar-refractivity contribution >= 4 is 5.69 Å². The number of hydrogen-bond acceptors (Lipinski definition) is 2. The molecule has 1 aliphatic heterocycles. The number of anilines is 1. The lowest BCUT2D eigenvalue weighted by Crippen LogP contribution is -2.51. The molecule has 0 saturated carbocycles. The lowest BCUT2D eigenvalue weighted by molar-refractivity contribution is 0.406. The van der Waals surface area contributed by atoms with Gasteiger partial charge in [-0.15, -0.1) is 0 Å². The summed E-state index contributed by atoms with van der Waals surface area (Å²) in [6.07, 6.45) is 0. The predicted octanol–water partition coefficient (Wildman–Crippen LogP) is 3.50. The van der Waals surface area contributed by atoms with Crippen LogP contribution < -0.4 is 10.2 Å². The van der Waals surface area contributed by atoms with Gasteiger partial charge in [-0.3, -0.25) is 0 Å². The van der Waals surface area contributed by atoms with E-state index < -0.39 is 11.6 Å². The first kappa shape index (κ1) is 14.0. The number of nitrogens with zero attached hydrogens (tertiary/aromatic N) is 1. The molecule has 1 N–H and O–H groups in total. The Balaban J connectivity index is 1.89. The summed E-state index contributed by atoms with van der Waals surface area (Å²) < 4.78 is 27.5. The number of halogens is 2. The number of piperazine rings is 1. The van der Waals surface area contributed by atoms with Crippen molar-refractivity contribution in [2.75, 3.05) is 18.0 Å². The van der Waals surface area contributed by atoms with Crippen LogP contribution in [0.4, 0.5) is 14.5 Å². The smallest absolute Gasteiger partial charge is 0.182 e. The average molecular weight is 288 g/mol. The number of rotatable bonds is 2. The van der Waals surface area contributed by atoms with Crippen LogP contribution in [-0.4, -0.2) is 19.1 Å². The van der Waals surface area contributed by atoms with Gasteiger partial charge in [-0.1, -0.05) is 36.4 Å². The molecule has 2 aromatic rings. The molecule has 0 amide bonds. The first-order valence-corrected chi connectivity index (χ1v) is 7.16. The maximum Gasteiger partial charge on any atom is 0.182 e. The van der Waals surface area contributed by atoms with Crippen LogP contribution >= 0.6 is 0 Å². The Bertz CT molecular complexity index is 615. The summed E-state index contributed by atoms with van der Waals surface area (Å²) >= 11 is 0. The average Bonchev–Trinajstić information content (AvgIpc) is 2.52. The van der Waals surface area contributed by atoms with Crippen molar-refractivity contribution in [1.82, 2.24) is 5.32 Å². The summed E-state index contributed by atoms with van der Waals surface area (Å²) in [6, 6.07) is 14.6. The van der Waals surface area contributed by atoms with Gasteiger partial charge in [-0.25, -0.2) is 8.78 Å². The van der Waals surface area contributed by atoms with Crippen molar-refractivity contribution in [1.29, 1.82) is 0 Å². The van der Waals surface area contributed by atoms with Gasteiger partial charge in [-0.2, -0.15) is 0 Å². The lowest BCUT2D eigenvalue weighted by Gasteiger charge is -2.40. The maximum absolute atomic E-state index is 14.1. The molecule has 4 heteroatoms. The van der Waals surface area contributed by atoms with Gasteiger partial charge < -0.3 is 10.2 Å². The Morgan fingerprint density at radius 2 is 1.81 bits per heavy atom. The van der Waals surface area contributed by atoms with Gasteiger partial charge in [0.05, 0.1) is 5.69 Å². The van der Waals surface area contributed by atoms with Crippen LogP contribution in [0.2, 0.25) is 0 Å². The third kappa shape index (κ3) is 2.76. The summed E-state index contributed by atoms with van der Waals surface area (Å²) in [6.45, 7) is 3.36. The van der Waals surface area contributed by atoms with Gasteiger partial charge in [0.2, 0.25) is 0 Å². The maximum atomic E-state index is 14.1. The summed E-state index contributed by atoms with van der Waals surface area (Å²) in [5, 5.41) is 3.46. The van der Waals surface area contributed by atoms with Crippen LogP contribution in [0.25, 0.3) is 0 Å². The number of benzene rings is 2. The van der Waals surface area contributed by atoms with Gasteiger partial charge in [0.25, 0.3) is 0 Å². The van der Waals surface area contributed by atoms with E-state index in [2.05, 4.69) is 5.32 Å². The van der Waals surface area contributed by atoms with Gasteiger partial charge in [-0.05, 0) is 24.6 Å². The number of hydrogen-bond donors (Lipinski definition) is 1. The van der Waals surface area contributed by atoms with Crippen molar-refractivity contribution in [3.63, 3.8) is 0 Å². The molecule has 0 aliphatic carbocycles. The molecule has 2 unspecified atom stereocenters. The molecule has 0 aromatic heterocycles. The van der Waals surface area contributed by atoms with Crippen LogP contribution in [0, 0.1) is 11.6 Å². The van der Waals surface area contributed by atoms with Gasteiger partial charge in [0.15, 0.2) is 11.6 Å². The van der Waals surface area contributed by atoms with Crippen molar-refractivity contribution in [3.8, 4) is 0 Å². The minimum absolute atomic E-state index is 0.112. The van der Waals surface area contributed by atoms with E-state index in [9.17, 15) is 8.78 Å². The fraction of sp³-hybridized carbons (Fsp3) is 0.294. The van der Waals surface area contributed by atoms with Crippen molar-refractivity contribution in [2.24, 2.45) is 0 Å². The van der Waals surface area contributed by atoms with Crippen LogP contribution in [0.1, 0.15) is 18.5 Å². The van der Waals surface area contributed by atoms with Gasteiger partial charge in [0.1, 0.15) is 0 Å². The Hall–Kier alpha value is -1.94. The van der Waals surface area contributed by atoms with E-state index in [1.165, 1.54) is 0 Å². The molecular weight excluding hydrogens is 270 g/mol. The topological polar surface area (TPSA) is 15.3 Å². The van der Waals surface area contributed by atoms with E-state index in [1.807, 2.05) is 42.2 Å². The Kier molecular flexibility index (Phi) is 3.88. The highest BCUT2D eigenvalue weighted by Gasteiger charge is 2.28. The fourth-order valence-corrected chi connectivity index (χ4v) is 2.82. The second-order valence-electron chi connectivity index (χ2n) is 5.45. The van der Waals surface area contributed by atoms with Crippen molar-refractivity contribution in [3.05, 3.63) is 65.7 Å². The van der Waals surface area contributed by atoms with Gasteiger partial charge in [0, 0.05) is 25.2 Å².